The second kappa shape index (κ2) is 9.30. The van der Waals surface area contributed by atoms with Gasteiger partial charge in [0.25, 0.3) is 0 Å². The van der Waals surface area contributed by atoms with Gasteiger partial charge in [0.15, 0.2) is 0 Å². The lowest BCUT2D eigenvalue weighted by Gasteiger charge is -2.09. The number of rotatable bonds is 8. The summed E-state index contributed by atoms with van der Waals surface area (Å²) in [6.07, 6.45) is 3.82. The minimum atomic E-state index is -0.159. The van der Waals surface area contributed by atoms with Crippen LogP contribution in [0.3, 0.4) is 0 Å². The molecule has 0 heterocycles. The third-order valence-corrected chi connectivity index (χ3v) is 2.52. The molecule has 1 aromatic carbocycles. The van der Waals surface area contributed by atoms with Crippen LogP contribution in [0.2, 0.25) is 0 Å². The van der Waals surface area contributed by atoms with E-state index in [0.29, 0.717) is 13.2 Å². The molecule has 2 N–H and O–H groups in total. The van der Waals surface area contributed by atoms with Gasteiger partial charge in [-0.05, 0) is 11.5 Å². The standard InChI is InChI=1S/C15H21NO3/c1-13(11-17)10-16-15(18)12-19-9-5-8-14-6-3-2-4-7-14/h2-8,13,17H,9-12H2,1H3,(H,16,18)/b8-5+. The molecule has 1 aromatic rings. The van der Waals surface area contributed by atoms with Crippen LogP contribution < -0.4 is 5.32 Å². The molecule has 0 aromatic heterocycles. The first-order valence-electron chi connectivity index (χ1n) is 6.39. The van der Waals surface area contributed by atoms with Crippen LogP contribution in [-0.4, -0.2) is 37.4 Å². The summed E-state index contributed by atoms with van der Waals surface area (Å²) in [6.45, 7) is 2.85. The Hall–Kier alpha value is -1.65. The number of aliphatic hydroxyl groups is 1. The van der Waals surface area contributed by atoms with Crippen molar-refractivity contribution in [3.63, 3.8) is 0 Å². The lowest BCUT2D eigenvalue weighted by molar-refractivity contribution is -0.125. The second-order valence-electron chi connectivity index (χ2n) is 4.42. The van der Waals surface area contributed by atoms with Crippen LogP contribution in [0.1, 0.15) is 12.5 Å². The fraction of sp³-hybridized carbons (Fsp3) is 0.400. The maximum atomic E-state index is 11.4. The van der Waals surface area contributed by atoms with Gasteiger partial charge in [-0.2, -0.15) is 0 Å². The molecule has 4 nitrogen and oxygen atoms in total. The average Bonchev–Trinajstić information content (AvgIpc) is 2.45. The summed E-state index contributed by atoms with van der Waals surface area (Å²) in [7, 11) is 0. The van der Waals surface area contributed by atoms with Crippen LogP contribution in [0.4, 0.5) is 0 Å². The molecule has 104 valence electrons. The minimum absolute atomic E-state index is 0.0390. The van der Waals surface area contributed by atoms with Gasteiger partial charge >= 0.3 is 0 Å². The molecule has 0 saturated carbocycles. The van der Waals surface area contributed by atoms with Crippen molar-refractivity contribution < 1.29 is 14.6 Å². The van der Waals surface area contributed by atoms with E-state index in [0.717, 1.165) is 5.56 Å². The van der Waals surface area contributed by atoms with Gasteiger partial charge in [-0.25, -0.2) is 0 Å². The molecule has 0 radical (unpaired) electrons. The molecule has 0 bridgehead atoms. The predicted molar refractivity (Wildman–Crippen MR) is 75.6 cm³/mol. The Morgan fingerprint density at radius 2 is 2.16 bits per heavy atom. The zero-order valence-corrected chi connectivity index (χ0v) is 11.2. The second-order valence-corrected chi connectivity index (χ2v) is 4.42. The van der Waals surface area contributed by atoms with Gasteiger partial charge < -0.3 is 15.2 Å². The van der Waals surface area contributed by atoms with Crippen molar-refractivity contribution in [3.05, 3.63) is 42.0 Å². The highest BCUT2D eigenvalue weighted by atomic mass is 16.5. The Morgan fingerprint density at radius 3 is 2.84 bits per heavy atom. The summed E-state index contributed by atoms with van der Waals surface area (Å²) < 4.78 is 5.22. The van der Waals surface area contributed by atoms with Crippen molar-refractivity contribution in [1.82, 2.24) is 5.32 Å². The van der Waals surface area contributed by atoms with Crippen molar-refractivity contribution in [1.29, 1.82) is 0 Å². The summed E-state index contributed by atoms with van der Waals surface area (Å²) in [5, 5.41) is 11.5. The fourth-order valence-corrected chi connectivity index (χ4v) is 1.37. The van der Waals surface area contributed by atoms with Crippen LogP contribution in [-0.2, 0) is 9.53 Å². The van der Waals surface area contributed by atoms with Gasteiger partial charge in [-0.1, -0.05) is 49.4 Å². The molecule has 19 heavy (non-hydrogen) atoms. The van der Waals surface area contributed by atoms with E-state index in [9.17, 15) is 4.79 Å². The summed E-state index contributed by atoms with van der Waals surface area (Å²) in [5.74, 6) is -0.0877. The number of amides is 1. The largest absolute Gasteiger partial charge is 0.396 e. The van der Waals surface area contributed by atoms with Crippen molar-refractivity contribution in [2.75, 3.05) is 26.4 Å². The van der Waals surface area contributed by atoms with Crippen molar-refractivity contribution in [2.24, 2.45) is 5.92 Å². The van der Waals surface area contributed by atoms with E-state index in [4.69, 9.17) is 9.84 Å². The first kappa shape index (κ1) is 15.4. The van der Waals surface area contributed by atoms with Crippen LogP contribution in [0.15, 0.2) is 36.4 Å². The molecule has 0 aliphatic carbocycles. The molecule has 0 spiro atoms. The molecular weight excluding hydrogens is 242 g/mol. The molecular formula is C15H21NO3. The van der Waals surface area contributed by atoms with Gasteiger partial charge in [0.1, 0.15) is 6.61 Å². The zero-order valence-electron chi connectivity index (χ0n) is 11.2. The average molecular weight is 263 g/mol. The Bertz CT molecular complexity index is 390. The van der Waals surface area contributed by atoms with E-state index in [1.165, 1.54) is 0 Å². The number of ether oxygens (including phenoxy) is 1. The highest BCUT2D eigenvalue weighted by Crippen LogP contribution is 2.00. The predicted octanol–water partition coefficient (Wildman–Crippen LogP) is 1.46. The molecule has 1 amide bonds. The highest BCUT2D eigenvalue weighted by molar-refractivity contribution is 5.77. The topological polar surface area (TPSA) is 58.6 Å². The van der Waals surface area contributed by atoms with E-state index in [2.05, 4.69) is 5.32 Å². The Morgan fingerprint density at radius 1 is 1.42 bits per heavy atom. The Labute approximate surface area is 114 Å². The molecule has 1 rings (SSSR count). The highest BCUT2D eigenvalue weighted by Gasteiger charge is 2.03. The van der Waals surface area contributed by atoms with Gasteiger partial charge in [0.2, 0.25) is 5.91 Å². The zero-order chi connectivity index (χ0) is 13.9. The number of hydrogen-bond donors (Lipinski definition) is 2. The monoisotopic (exact) mass is 263 g/mol. The van der Waals surface area contributed by atoms with Crippen LogP contribution in [0, 0.1) is 5.92 Å². The number of carbonyl (C=O) groups excluding carboxylic acids is 1. The summed E-state index contributed by atoms with van der Waals surface area (Å²) in [6, 6.07) is 9.90. The Kier molecular flexibility index (Phi) is 7.54. The lowest BCUT2D eigenvalue weighted by Crippen LogP contribution is -2.32. The van der Waals surface area contributed by atoms with E-state index in [-0.39, 0.29) is 25.0 Å². The van der Waals surface area contributed by atoms with Crippen molar-refractivity contribution in [2.45, 2.75) is 6.92 Å². The maximum absolute atomic E-state index is 11.4. The maximum Gasteiger partial charge on any atom is 0.246 e. The number of nitrogens with one attached hydrogen (secondary N) is 1. The smallest absolute Gasteiger partial charge is 0.246 e. The first-order chi connectivity index (χ1) is 9.22. The number of benzene rings is 1. The van der Waals surface area contributed by atoms with Crippen LogP contribution in [0.25, 0.3) is 6.08 Å². The normalized spacial score (nSPS) is 12.5. The Balaban J connectivity index is 2.10. The number of aliphatic hydroxyl groups excluding tert-OH is 1. The van der Waals surface area contributed by atoms with Gasteiger partial charge in [0.05, 0.1) is 6.61 Å². The molecule has 0 saturated heterocycles. The van der Waals surface area contributed by atoms with Gasteiger partial charge in [-0.3, -0.25) is 4.79 Å². The van der Waals surface area contributed by atoms with Gasteiger partial charge in [-0.15, -0.1) is 0 Å². The summed E-state index contributed by atoms with van der Waals surface area (Å²) in [5.41, 5.74) is 1.10. The number of hydrogen-bond acceptors (Lipinski definition) is 3. The molecule has 0 aliphatic heterocycles. The SMILES string of the molecule is CC(CO)CNC(=O)COC/C=C/c1ccccc1. The number of carbonyl (C=O) groups is 1. The molecule has 1 unspecified atom stereocenters. The fourth-order valence-electron chi connectivity index (χ4n) is 1.37. The van der Waals surface area contributed by atoms with Crippen LogP contribution >= 0.6 is 0 Å². The third kappa shape index (κ3) is 7.39. The van der Waals surface area contributed by atoms with E-state index >= 15 is 0 Å². The molecule has 1 atom stereocenters. The van der Waals surface area contributed by atoms with E-state index in [1.54, 1.807) is 0 Å². The molecule has 0 fully saturated rings. The first-order valence-corrected chi connectivity index (χ1v) is 6.39. The van der Waals surface area contributed by atoms with Crippen molar-refractivity contribution >= 4 is 12.0 Å². The van der Waals surface area contributed by atoms with Crippen molar-refractivity contribution in [3.8, 4) is 0 Å². The molecule has 4 heteroatoms. The van der Waals surface area contributed by atoms with E-state index < -0.39 is 0 Å². The molecule has 0 aliphatic rings. The third-order valence-electron chi connectivity index (χ3n) is 2.52. The summed E-state index contributed by atoms with van der Waals surface area (Å²) >= 11 is 0. The van der Waals surface area contributed by atoms with Gasteiger partial charge in [0, 0.05) is 13.2 Å². The van der Waals surface area contributed by atoms with E-state index in [1.807, 2.05) is 49.4 Å². The minimum Gasteiger partial charge on any atom is -0.396 e. The summed E-state index contributed by atoms with van der Waals surface area (Å²) in [4.78, 5) is 11.4. The quantitative estimate of drug-likeness (QED) is 0.698. The van der Waals surface area contributed by atoms with Crippen LogP contribution in [0.5, 0.6) is 0 Å². The lowest BCUT2D eigenvalue weighted by atomic mass is 10.2.